The van der Waals surface area contributed by atoms with Crippen LogP contribution in [0.1, 0.15) is 136 Å². The molecule has 2 rings (SSSR count). The van der Waals surface area contributed by atoms with E-state index in [2.05, 4.69) is 65.7 Å². The molecule has 0 aliphatic carbocycles. The van der Waals surface area contributed by atoms with Gasteiger partial charge in [-0.15, -0.1) is 0 Å². The summed E-state index contributed by atoms with van der Waals surface area (Å²) in [6, 6.07) is 11.0. The molecule has 34 heavy (non-hydrogen) atoms. The topological polar surface area (TPSA) is 8.81 Å². The Morgan fingerprint density at radius 2 is 1.03 bits per heavy atom. The molecule has 1 aromatic heterocycles. The van der Waals surface area contributed by atoms with E-state index in [1.54, 1.807) is 0 Å². The monoisotopic (exact) mass is 467 g/mol. The molecule has 0 fully saturated rings. The SMILES string of the molecule is CCCCCCCCCCCCn1cc[n+](CCCCCCCCCCC)c1-c1ccccc1. The van der Waals surface area contributed by atoms with Crippen LogP contribution in [0.3, 0.4) is 0 Å². The lowest BCUT2D eigenvalue weighted by atomic mass is 10.1. The van der Waals surface area contributed by atoms with E-state index in [0.29, 0.717) is 0 Å². The molecule has 0 aliphatic rings. The summed E-state index contributed by atoms with van der Waals surface area (Å²) in [5.74, 6) is 1.40. The minimum absolute atomic E-state index is 1.14. The third-order valence-corrected chi connectivity index (χ3v) is 7.26. The van der Waals surface area contributed by atoms with Gasteiger partial charge >= 0.3 is 0 Å². The fraction of sp³-hybridized carbons (Fsp3) is 0.719. The molecule has 0 saturated carbocycles. The molecule has 2 aromatic rings. The molecule has 0 N–H and O–H groups in total. The van der Waals surface area contributed by atoms with Crippen molar-refractivity contribution in [3.05, 3.63) is 42.7 Å². The van der Waals surface area contributed by atoms with Gasteiger partial charge in [-0.1, -0.05) is 128 Å². The summed E-state index contributed by atoms with van der Waals surface area (Å²) in [5.41, 5.74) is 1.36. The Labute approximate surface area is 212 Å². The van der Waals surface area contributed by atoms with Crippen molar-refractivity contribution >= 4 is 0 Å². The van der Waals surface area contributed by atoms with Crippen molar-refractivity contribution < 1.29 is 4.57 Å². The lowest BCUT2D eigenvalue weighted by Crippen LogP contribution is -2.34. The molecule has 0 spiro atoms. The minimum Gasteiger partial charge on any atom is -0.230 e. The third kappa shape index (κ3) is 12.2. The van der Waals surface area contributed by atoms with Gasteiger partial charge in [0.15, 0.2) is 0 Å². The fourth-order valence-electron chi connectivity index (χ4n) is 5.11. The van der Waals surface area contributed by atoms with Gasteiger partial charge in [0.1, 0.15) is 12.4 Å². The average Bonchev–Trinajstić information content (AvgIpc) is 3.27. The van der Waals surface area contributed by atoms with Crippen molar-refractivity contribution in [3.63, 3.8) is 0 Å². The van der Waals surface area contributed by atoms with Crippen molar-refractivity contribution in [2.75, 3.05) is 0 Å². The zero-order chi connectivity index (χ0) is 24.1. The Bertz CT molecular complexity index is 703. The van der Waals surface area contributed by atoms with Crippen molar-refractivity contribution in [3.8, 4) is 11.4 Å². The van der Waals surface area contributed by atoms with Gasteiger partial charge in [0.2, 0.25) is 0 Å². The van der Waals surface area contributed by atoms with Crippen molar-refractivity contribution in [2.24, 2.45) is 0 Å². The quantitative estimate of drug-likeness (QED) is 0.120. The Balaban J connectivity index is 1.71. The van der Waals surface area contributed by atoms with E-state index in [0.717, 1.165) is 13.1 Å². The van der Waals surface area contributed by atoms with Gasteiger partial charge in [-0.25, -0.2) is 9.13 Å². The van der Waals surface area contributed by atoms with Crippen LogP contribution in [-0.4, -0.2) is 4.57 Å². The fourth-order valence-corrected chi connectivity index (χ4v) is 5.11. The van der Waals surface area contributed by atoms with E-state index in [9.17, 15) is 0 Å². The Kier molecular flexibility index (Phi) is 16.6. The molecule has 0 unspecified atom stereocenters. The number of hydrogen-bond acceptors (Lipinski definition) is 0. The standard InChI is InChI=1S/C32H55N2/c1-3-5-7-9-11-13-15-17-19-24-28-34-30-29-33(32(34)31-25-21-20-22-26-31)27-23-18-16-14-12-10-8-6-4-2/h20-22,25-26,29-30H,3-19,23-24,27-28H2,1-2H3/q+1. The smallest absolute Gasteiger partial charge is 0.230 e. The molecular weight excluding hydrogens is 412 g/mol. The summed E-state index contributed by atoms with van der Waals surface area (Å²) in [5, 5.41) is 0. The Morgan fingerprint density at radius 3 is 1.56 bits per heavy atom. The van der Waals surface area contributed by atoms with Crippen LogP contribution in [-0.2, 0) is 13.1 Å². The van der Waals surface area contributed by atoms with Crippen LogP contribution in [0.5, 0.6) is 0 Å². The summed E-state index contributed by atoms with van der Waals surface area (Å²) >= 11 is 0. The van der Waals surface area contributed by atoms with Crippen LogP contribution >= 0.6 is 0 Å². The normalized spacial score (nSPS) is 11.4. The molecule has 0 bridgehead atoms. The average molecular weight is 468 g/mol. The summed E-state index contributed by atoms with van der Waals surface area (Å²) in [7, 11) is 0. The zero-order valence-electron chi connectivity index (χ0n) is 22.8. The van der Waals surface area contributed by atoms with E-state index < -0.39 is 0 Å². The molecule has 0 amide bonds. The van der Waals surface area contributed by atoms with Crippen LogP contribution in [0.25, 0.3) is 11.4 Å². The minimum atomic E-state index is 1.14. The van der Waals surface area contributed by atoms with Crippen LogP contribution in [0, 0.1) is 0 Å². The second-order valence-corrected chi connectivity index (χ2v) is 10.4. The summed E-state index contributed by atoms with van der Waals surface area (Å²) < 4.78 is 5.01. The number of benzene rings is 1. The van der Waals surface area contributed by atoms with Crippen LogP contribution < -0.4 is 4.57 Å². The predicted molar refractivity (Wildman–Crippen MR) is 149 cm³/mol. The van der Waals surface area contributed by atoms with Gasteiger partial charge in [0.25, 0.3) is 5.82 Å². The van der Waals surface area contributed by atoms with Gasteiger partial charge in [0.05, 0.1) is 18.7 Å². The molecule has 192 valence electrons. The van der Waals surface area contributed by atoms with Gasteiger partial charge < -0.3 is 0 Å². The number of hydrogen-bond donors (Lipinski definition) is 0. The van der Waals surface area contributed by atoms with Gasteiger partial charge in [-0.2, -0.15) is 0 Å². The highest BCUT2D eigenvalue weighted by Gasteiger charge is 2.18. The maximum Gasteiger partial charge on any atom is 0.288 e. The van der Waals surface area contributed by atoms with E-state index in [1.807, 2.05) is 0 Å². The van der Waals surface area contributed by atoms with Gasteiger partial charge in [0, 0.05) is 0 Å². The van der Waals surface area contributed by atoms with E-state index in [1.165, 1.54) is 133 Å². The van der Waals surface area contributed by atoms with Crippen LogP contribution in [0.2, 0.25) is 0 Å². The molecule has 0 radical (unpaired) electrons. The second-order valence-electron chi connectivity index (χ2n) is 10.4. The van der Waals surface area contributed by atoms with E-state index in [4.69, 9.17) is 0 Å². The number of aromatic nitrogens is 2. The molecule has 2 nitrogen and oxygen atoms in total. The molecule has 2 heteroatoms. The number of nitrogens with zero attached hydrogens (tertiary/aromatic N) is 2. The lowest BCUT2D eigenvalue weighted by molar-refractivity contribution is -0.686. The van der Waals surface area contributed by atoms with Crippen molar-refractivity contribution in [1.82, 2.24) is 4.57 Å². The number of unbranched alkanes of at least 4 members (excludes halogenated alkanes) is 17. The highest BCUT2D eigenvalue weighted by Crippen LogP contribution is 2.18. The van der Waals surface area contributed by atoms with Gasteiger partial charge in [-0.05, 0) is 37.8 Å². The van der Waals surface area contributed by atoms with E-state index >= 15 is 0 Å². The predicted octanol–water partition coefficient (Wildman–Crippen LogP) is 9.89. The first-order valence-electron chi connectivity index (χ1n) is 15.0. The maximum atomic E-state index is 2.51. The van der Waals surface area contributed by atoms with Crippen LogP contribution in [0.4, 0.5) is 0 Å². The summed E-state index contributed by atoms with van der Waals surface area (Å²) in [4.78, 5) is 0. The highest BCUT2D eigenvalue weighted by molar-refractivity contribution is 5.52. The number of rotatable bonds is 22. The molecule has 1 heterocycles. The molecule has 1 aromatic carbocycles. The van der Waals surface area contributed by atoms with Crippen LogP contribution in [0.15, 0.2) is 42.7 Å². The molecule has 0 atom stereocenters. The second kappa shape index (κ2) is 19.7. The lowest BCUT2D eigenvalue weighted by Gasteiger charge is -2.07. The number of aryl methyl sites for hydroxylation is 2. The zero-order valence-corrected chi connectivity index (χ0v) is 22.8. The van der Waals surface area contributed by atoms with Gasteiger partial charge in [-0.3, -0.25) is 0 Å². The third-order valence-electron chi connectivity index (χ3n) is 7.26. The molecule has 0 saturated heterocycles. The van der Waals surface area contributed by atoms with Crippen molar-refractivity contribution in [1.29, 1.82) is 0 Å². The maximum absolute atomic E-state index is 2.51. The Hall–Kier alpha value is -1.57. The first kappa shape index (κ1) is 28.7. The molecule has 0 aliphatic heterocycles. The Morgan fingerprint density at radius 1 is 0.559 bits per heavy atom. The number of imidazole rings is 1. The first-order valence-corrected chi connectivity index (χ1v) is 15.0. The first-order chi connectivity index (χ1) is 16.9. The van der Waals surface area contributed by atoms with E-state index in [-0.39, 0.29) is 0 Å². The summed E-state index contributed by atoms with van der Waals surface area (Å²) in [6.45, 7) is 6.88. The van der Waals surface area contributed by atoms with Crippen molar-refractivity contribution in [2.45, 2.75) is 149 Å². The highest BCUT2D eigenvalue weighted by atomic mass is 15.1. The summed E-state index contributed by atoms with van der Waals surface area (Å²) in [6.07, 6.45) is 31.1. The largest absolute Gasteiger partial charge is 0.288 e. The molecular formula is C32H55N2+.